The van der Waals surface area contributed by atoms with Crippen LogP contribution < -0.4 is 18.9 Å². The lowest BCUT2D eigenvalue weighted by Gasteiger charge is -2.15. The van der Waals surface area contributed by atoms with Gasteiger partial charge in [-0.15, -0.1) is 0 Å². The number of carbonyl (C=O) groups excluding carboxylic acids is 2. The summed E-state index contributed by atoms with van der Waals surface area (Å²) in [7, 11) is 4.52. The molecule has 0 bridgehead atoms. The number of rotatable bonds is 11. The molecule has 43 heavy (non-hydrogen) atoms. The minimum atomic E-state index is -0.527. The predicted molar refractivity (Wildman–Crippen MR) is 166 cm³/mol. The molecular weight excluding hydrogens is 548 g/mol. The Kier molecular flexibility index (Phi) is 9.85. The largest absolute Gasteiger partial charge is 0.508 e. The molecule has 0 aliphatic carbocycles. The summed E-state index contributed by atoms with van der Waals surface area (Å²) < 4.78 is 21.4. The SMILES string of the molecule is COc1ccc2cc([C@H](C)C(=O)Oc3ccc(/C=C/C(O)=CC(=O)/C=C/c4ccc(O)c(OC)c4)cc3OC)ccc2c1. The van der Waals surface area contributed by atoms with Crippen LogP contribution in [0.3, 0.4) is 0 Å². The summed E-state index contributed by atoms with van der Waals surface area (Å²) >= 11 is 0. The summed E-state index contributed by atoms with van der Waals surface area (Å²) in [5.74, 6) is -0.0221. The highest BCUT2D eigenvalue weighted by Crippen LogP contribution is 2.32. The first-order chi connectivity index (χ1) is 20.7. The molecule has 8 heteroatoms. The molecule has 0 radical (unpaired) electrons. The van der Waals surface area contributed by atoms with Gasteiger partial charge in [-0.05, 0) is 82.9 Å². The molecule has 0 aromatic heterocycles. The smallest absolute Gasteiger partial charge is 0.318 e. The minimum Gasteiger partial charge on any atom is -0.508 e. The number of aliphatic hydroxyl groups excluding tert-OH is 1. The number of aliphatic hydroxyl groups is 1. The maximum atomic E-state index is 13.0. The van der Waals surface area contributed by atoms with Gasteiger partial charge in [-0.2, -0.15) is 0 Å². The number of esters is 1. The van der Waals surface area contributed by atoms with E-state index in [0.29, 0.717) is 16.9 Å². The van der Waals surface area contributed by atoms with Crippen LogP contribution >= 0.6 is 0 Å². The summed E-state index contributed by atoms with van der Waals surface area (Å²) in [4.78, 5) is 25.2. The van der Waals surface area contributed by atoms with Crippen molar-refractivity contribution in [1.29, 1.82) is 0 Å². The van der Waals surface area contributed by atoms with Gasteiger partial charge in [0.25, 0.3) is 0 Å². The molecule has 0 spiro atoms. The van der Waals surface area contributed by atoms with Crippen LogP contribution in [0.15, 0.2) is 96.8 Å². The van der Waals surface area contributed by atoms with E-state index in [1.165, 1.54) is 32.4 Å². The van der Waals surface area contributed by atoms with Gasteiger partial charge in [-0.25, -0.2) is 0 Å². The number of benzene rings is 4. The average molecular weight is 581 g/mol. The Morgan fingerprint density at radius 3 is 2.09 bits per heavy atom. The quantitative estimate of drug-likeness (QED) is 0.0640. The number of ketones is 1. The molecule has 0 fully saturated rings. The molecule has 0 unspecified atom stereocenters. The number of phenolic OH excluding ortho intramolecular Hbond substituents is 1. The van der Waals surface area contributed by atoms with Gasteiger partial charge in [0.15, 0.2) is 28.8 Å². The van der Waals surface area contributed by atoms with E-state index in [1.807, 2.05) is 36.4 Å². The Bertz CT molecular complexity index is 1730. The highest BCUT2D eigenvalue weighted by atomic mass is 16.6. The molecule has 4 aromatic carbocycles. The van der Waals surface area contributed by atoms with Crippen molar-refractivity contribution in [3.63, 3.8) is 0 Å². The molecule has 0 aliphatic rings. The van der Waals surface area contributed by atoms with Gasteiger partial charge < -0.3 is 29.2 Å². The van der Waals surface area contributed by atoms with Gasteiger partial charge in [0, 0.05) is 6.08 Å². The van der Waals surface area contributed by atoms with Crippen molar-refractivity contribution in [1.82, 2.24) is 0 Å². The van der Waals surface area contributed by atoms with Crippen LogP contribution in [0.2, 0.25) is 0 Å². The highest BCUT2D eigenvalue weighted by molar-refractivity contribution is 6.02. The first kappa shape index (κ1) is 30.5. The maximum Gasteiger partial charge on any atom is 0.318 e. The zero-order valence-corrected chi connectivity index (χ0v) is 24.2. The van der Waals surface area contributed by atoms with Crippen LogP contribution in [0.25, 0.3) is 22.9 Å². The molecular formula is C35H32O8. The van der Waals surface area contributed by atoms with Crippen molar-refractivity contribution in [3.05, 3.63) is 113 Å². The van der Waals surface area contributed by atoms with E-state index in [-0.39, 0.29) is 23.0 Å². The number of carbonyl (C=O) groups is 2. The fraction of sp³-hybridized carbons (Fsp3) is 0.143. The van der Waals surface area contributed by atoms with E-state index in [9.17, 15) is 19.8 Å². The summed E-state index contributed by atoms with van der Waals surface area (Å²) in [5, 5.41) is 21.9. The second-order valence-electron chi connectivity index (χ2n) is 9.60. The van der Waals surface area contributed by atoms with E-state index in [0.717, 1.165) is 28.2 Å². The Hall–Kier alpha value is -5.50. The van der Waals surface area contributed by atoms with E-state index in [2.05, 4.69) is 0 Å². The third-order valence-electron chi connectivity index (χ3n) is 6.70. The van der Waals surface area contributed by atoms with Gasteiger partial charge >= 0.3 is 5.97 Å². The van der Waals surface area contributed by atoms with Crippen LogP contribution in [0.1, 0.15) is 29.5 Å². The third-order valence-corrected chi connectivity index (χ3v) is 6.70. The zero-order valence-electron chi connectivity index (χ0n) is 24.2. The van der Waals surface area contributed by atoms with Crippen LogP contribution in [0.4, 0.5) is 0 Å². The van der Waals surface area contributed by atoms with Gasteiger partial charge in [0.2, 0.25) is 0 Å². The van der Waals surface area contributed by atoms with Crippen LogP contribution in [-0.2, 0) is 9.59 Å². The Morgan fingerprint density at radius 1 is 0.721 bits per heavy atom. The summed E-state index contributed by atoms with van der Waals surface area (Å²) in [6.07, 6.45) is 6.86. The average Bonchev–Trinajstić information content (AvgIpc) is 3.02. The van der Waals surface area contributed by atoms with E-state index < -0.39 is 17.7 Å². The van der Waals surface area contributed by atoms with Crippen molar-refractivity contribution in [3.8, 4) is 28.7 Å². The van der Waals surface area contributed by atoms with E-state index in [4.69, 9.17) is 18.9 Å². The van der Waals surface area contributed by atoms with Gasteiger partial charge in [-0.3, -0.25) is 9.59 Å². The van der Waals surface area contributed by atoms with Crippen molar-refractivity contribution in [2.45, 2.75) is 12.8 Å². The molecule has 0 saturated carbocycles. The number of methoxy groups -OCH3 is 3. The molecule has 220 valence electrons. The number of aromatic hydroxyl groups is 1. The third kappa shape index (κ3) is 7.83. The van der Waals surface area contributed by atoms with Gasteiger partial charge in [0.1, 0.15) is 11.5 Å². The summed E-state index contributed by atoms with van der Waals surface area (Å²) in [6, 6.07) is 21.2. The Balaban J connectivity index is 1.40. The summed E-state index contributed by atoms with van der Waals surface area (Å²) in [5.41, 5.74) is 2.11. The van der Waals surface area contributed by atoms with Crippen LogP contribution in [0, 0.1) is 0 Å². The molecule has 2 N–H and O–H groups in total. The molecule has 0 aliphatic heterocycles. The Morgan fingerprint density at radius 2 is 1.37 bits per heavy atom. The van der Waals surface area contributed by atoms with Crippen molar-refractivity contribution >= 4 is 34.7 Å². The molecule has 1 atom stereocenters. The number of ether oxygens (including phenoxy) is 4. The van der Waals surface area contributed by atoms with Crippen LogP contribution in [-0.4, -0.2) is 43.3 Å². The second-order valence-corrected chi connectivity index (χ2v) is 9.60. The molecule has 0 saturated heterocycles. The standard InChI is InChI=1S/C35H32O8/c1-22(25-9-10-27-20-30(40-2)14-11-26(27)19-25)35(39)43-32-16-8-24(18-34(32)42-4)6-13-29(37)21-28(36)12-5-23-7-15-31(38)33(17-23)41-3/h5-22,37-38H,1-4H3/b12-5+,13-6+,29-21?/t22-/m0/s1. The molecule has 4 aromatic rings. The fourth-order valence-electron chi connectivity index (χ4n) is 4.24. The molecule has 4 rings (SSSR count). The highest BCUT2D eigenvalue weighted by Gasteiger charge is 2.20. The maximum absolute atomic E-state index is 13.0. The predicted octanol–water partition coefficient (Wildman–Crippen LogP) is 7.02. The number of fused-ring (bicyclic) bond motifs is 1. The lowest BCUT2D eigenvalue weighted by atomic mass is 9.98. The van der Waals surface area contributed by atoms with E-state index >= 15 is 0 Å². The zero-order chi connectivity index (χ0) is 30.9. The monoisotopic (exact) mass is 580 g/mol. The lowest BCUT2D eigenvalue weighted by Crippen LogP contribution is -2.16. The lowest BCUT2D eigenvalue weighted by molar-refractivity contribution is -0.135. The van der Waals surface area contributed by atoms with Crippen molar-refractivity contribution < 1.29 is 38.7 Å². The number of allylic oxidation sites excluding steroid dienone is 3. The van der Waals surface area contributed by atoms with Gasteiger partial charge in [0.05, 0.1) is 27.2 Å². The normalized spacial score (nSPS) is 12.4. The first-order valence-corrected chi connectivity index (χ1v) is 13.4. The van der Waals surface area contributed by atoms with E-state index in [1.54, 1.807) is 56.5 Å². The first-order valence-electron chi connectivity index (χ1n) is 13.4. The van der Waals surface area contributed by atoms with Crippen LogP contribution in [0.5, 0.6) is 28.7 Å². The number of phenols is 1. The number of hydrogen-bond donors (Lipinski definition) is 2. The fourth-order valence-corrected chi connectivity index (χ4v) is 4.24. The topological polar surface area (TPSA) is 112 Å². The second kappa shape index (κ2) is 13.9. The minimum absolute atomic E-state index is 0.00558. The molecule has 0 amide bonds. The molecule has 8 nitrogen and oxygen atoms in total. The summed E-state index contributed by atoms with van der Waals surface area (Å²) in [6.45, 7) is 1.78. The van der Waals surface area contributed by atoms with Crippen molar-refractivity contribution in [2.75, 3.05) is 21.3 Å². The van der Waals surface area contributed by atoms with Gasteiger partial charge in [-0.1, -0.05) is 48.6 Å². The number of hydrogen-bond acceptors (Lipinski definition) is 8. The Labute approximate surface area is 249 Å². The molecule has 0 heterocycles. The van der Waals surface area contributed by atoms with Crippen molar-refractivity contribution in [2.24, 2.45) is 0 Å².